The maximum atomic E-state index is 3.43. The molecule has 0 spiro atoms. The van der Waals surface area contributed by atoms with Gasteiger partial charge in [0.25, 0.3) is 0 Å². The zero-order valence-corrected chi connectivity index (χ0v) is 9.78. The third-order valence-electron chi connectivity index (χ3n) is 4.59. The number of hydrogen-bond acceptors (Lipinski definition) is 3. The highest BCUT2D eigenvalue weighted by Crippen LogP contribution is 2.45. The summed E-state index contributed by atoms with van der Waals surface area (Å²) in [6, 6.07) is 0. The molecule has 0 aromatic heterocycles. The van der Waals surface area contributed by atoms with Crippen LogP contribution in [0.15, 0.2) is 0 Å². The van der Waals surface area contributed by atoms with Crippen LogP contribution in [0.2, 0.25) is 0 Å². The summed E-state index contributed by atoms with van der Waals surface area (Å²) in [5.41, 5.74) is 0. The fraction of sp³-hybridized carbons (Fsp3) is 1.00. The van der Waals surface area contributed by atoms with Crippen LogP contribution >= 0.6 is 0 Å². The smallest absolute Gasteiger partial charge is 0.0107 e. The maximum Gasteiger partial charge on any atom is 0.0107 e. The van der Waals surface area contributed by atoms with Gasteiger partial charge < -0.3 is 15.1 Å². The van der Waals surface area contributed by atoms with Crippen molar-refractivity contribution < 1.29 is 0 Å². The van der Waals surface area contributed by atoms with Crippen LogP contribution in [-0.2, 0) is 0 Å². The number of nitrogens with zero attached hydrogens (tertiary/aromatic N) is 2. The van der Waals surface area contributed by atoms with Crippen LogP contribution in [-0.4, -0.2) is 62.7 Å². The second-order valence-corrected chi connectivity index (χ2v) is 5.69. The van der Waals surface area contributed by atoms with Gasteiger partial charge in [0.15, 0.2) is 0 Å². The van der Waals surface area contributed by atoms with Crippen molar-refractivity contribution in [3.05, 3.63) is 0 Å². The van der Waals surface area contributed by atoms with Gasteiger partial charge in [0.1, 0.15) is 0 Å². The van der Waals surface area contributed by atoms with Gasteiger partial charge in [0, 0.05) is 45.8 Å². The Morgan fingerprint density at radius 3 is 2.47 bits per heavy atom. The lowest BCUT2D eigenvalue weighted by Gasteiger charge is -2.54. The number of nitrogens with one attached hydrogen (secondary N) is 1. The Labute approximate surface area is 92.8 Å². The summed E-state index contributed by atoms with van der Waals surface area (Å²) in [7, 11) is 2.28. The molecule has 3 saturated heterocycles. The fourth-order valence-corrected chi connectivity index (χ4v) is 3.71. The van der Waals surface area contributed by atoms with Crippen LogP contribution in [0.4, 0.5) is 0 Å². The summed E-state index contributed by atoms with van der Waals surface area (Å²) >= 11 is 0. The molecule has 3 heterocycles. The highest BCUT2D eigenvalue weighted by molar-refractivity contribution is 4.97. The second kappa shape index (κ2) is 4.04. The molecule has 0 aromatic carbocycles. The average Bonchev–Trinajstić information content (AvgIpc) is 2.27. The molecule has 0 radical (unpaired) electrons. The van der Waals surface area contributed by atoms with Gasteiger partial charge in [-0.15, -0.1) is 0 Å². The molecule has 0 aromatic rings. The molecule has 1 N–H and O–H groups in total. The summed E-state index contributed by atoms with van der Waals surface area (Å²) in [4.78, 5) is 5.19. The van der Waals surface area contributed by atoms with Crippen molar-refractivity contribution in [1.29, 1.82) is 0 Å². The van der Waals surface area contributed by atoms with Crippen LogP contribution in [0.5, 0.6) is 0 Å². The first-order valence-electron chi connectivity index (χ1n) is 6.44. The Kier molecular flexibility index (Phi) is 2.71. The standard InChI is InChI=1S/C12H23N3/c1-14-7-10-6-11(8-14)12(10)9-15-4-2-13-3-5-15/h10-13H,2-9H2,1H3. The average molecular weight is 209 g/mol. The van der Waals surface area contributed by atoms with E-state index in [0.717, 1.165) is 17.8 Å². The monoisotopic (exact) mass is 209 g/mol. The summed E-state index contributed by atoms with van der Waals surface area (Å²) in [6.07, 6.45) is 1.51. The van der Waals surface area contributed by atoms with Gasteiger partial charge in [0.05, 0.1) is 0 Å². The fourth-order valence-electron chi connectivity index (χ4n) is 3.71. The molecule has 4 aliphatic rings. The molecule has 15 heavy (non-hydrogen) atoms. The summed E-state index contributed by atoms with van der Waals surface area (Å²) in [5, 5.41) is 3.43. The molecule has 1 saturated carbocycles. The zero-order chi connectivity index (χ0) is 10.3. The van der Waals surface area contributed by atoms with E-state index in [4.69, 9.17) is 0 Å². The first-order chi connectivity index (χ1) is 7.33. The predicted octanol–water partition coefficient (Wildman–Crippen LogP) is 0.0893. The Morgan fingerprint density at radius 2 is 1.80 bits per heavy atom. The number of rotatable bonds is 2. The van der Waals surface area contributed by atoms with Gasteiger partial charge in [-0.3, -0.25) is 0 Å². The van der Waals surface area contributed by atoms with Crippen LogP contribution in [0.25, 0.3) is 0 Å². The van der Waals surface area contributed by atoms with Crippen LogP contribution in [0.3, 0.4) is 0 Å². The molecule has 0 amide bonds. The lowest BCUT2D eigenvalue weighted by molar-refractivity contribution is -0.0496. The molecule has 2 atom stereocenters. The van der Waals surface area contributed by atoms with E-state index in [1.165, 1.54) is 52.2 Å². The third kappa shape index (κ3) is 1.93. The highest BCUT2D eigenvalue weighted by Gasteiger charge is 2.45. The van der Waals surface area contributed by atoms with Gasteiger partial charge in [-0.05, 0) is 31.2 Å². The van der Waals surface area contributed by atoms with E-state index < -0.39 is 0 Å². The number of piperidine rings is 2. The van der Waals surface area contributed by atoms with E-state index in [-0.39, 0.29) is 0 Å². The van der Waals surface area contributed by atoms with Crippen molar-refractivity contribution in [3.63, 3.8) is 0 Å². The SMILES string of the molecule is CN1CC2CC(C1)C2CN1CCNCC1. The molecule has 1 aliphatic carbocycles. The molecular weight excluding hydrogens is 186 g/mol. The Bertz CT molecular complexity index is 213. The molecule has 4 rings (SSSR count). The number of fused-ring (bicyclic) bond motifs is 2. The first-order valence-corrected chi connectivity index (χ1v) is 6.44. The number of hydrogen-bond donors (Lipinski definition) is 1. The molecule has 3 nitrogen and oxygen atoms in total. The van der Waals surface area contributed by atoms with Gasteiger partial charge in [-0.1, -0.05) is 0 Å². The van der Waals surface area contributed by atoms with E-state index in [0.29, 0.717) is 0 Å². The second-order valence-electron chi connectivity index (χ2n) is 5.69. The van der Waals surface area contributed by atoms with Crippen molar-refractivity contribution in [2.75, 3.05) is 52.9 Å². The minimum atomic E-state index is 1.02. The predicted molar refractivity (Wildman–Crippen MR) is 61.9 cm³/mol. The maximum absolute atomic E-state index is 3.43. The molecule has 2 bridgehead atoms. The van der Waals surface area contributed by atoms with Gasteiger partial charge in [-0.2, -0.15) is 0 Å². The quantitative estimate of drug-likeness (QED) is 0.695. The van der Waals surface area contributed by atoms with Crippen molar-refractivity contribution in [1.82, 2.24) is 15.1 Å². The Balaban J connectivity index is 1.52. The van der Waals surface area contributed by atoms with E-state index in [1.807, 2.05) is 0 Å². The Morgan fingerprint density at radius 1 is 1.13 bits per heavy atom. The van der Waals surface area contributed by atoms with Crippen LogP contribution in [0.1, 0.15) is 6.42 Å². The van der Waals surface area contributed by atoms with Crippen molar-refractivity contribution in [2.24, 2.45) is 17.8 Å². The van der Waals surface area contributed by atoms with Crippen molar-refractivity contribution in [2.45, 2.75) is 6.42 Å². The van der Waals surface area contributed by atoms with E-state index in [1.54, 1.807) is 0 Å². The van der Waals surface area contributed by atoms with E-state index in [2.05, 4.69) is 22.2 Å². The molecule has 3 heteroatoms. The molecule has 3 aliphatic heterocycles. The van der Waals surface area contributed by atoms with E-state index >= 15 is 0 Å². The summed E-state index contributed by atoms with van der Waals surface area (Å²) in [6.45, 7) is 9.02. The molecule has 86 valence electrons. The van der Waals surface area contributed by atoms with Crippen LogP contribution < -0.4 is 5.32 Å². The third-order valence-corrected chi connectivity index (χ3v) is 4.59. The summed E-state index contributed by atoms with van der Waals surface area (Å²) < 4.78 is 0. The molecular formula is C12H23N3. The van der Waals surface area contributed by atoms with Gasteiger partial charge in [-0.25, -0.2) is 0 Å². The topological polar surface area (TPSA) is 18.5 Å². The molecule has 2 unspecified atom stereocenters. The van der Waals surface area contributed by atoms with Gasteiger partial charge in [0.2, 0.25) is 0 Å². The minimum absolute atomic E-state index is 1.02. The van der Waals surface area contributed by atoms with Gasteiger partial charge >= 0.3 is 0 Å². The van der Waals surface area contributed by atoms with E-state index in [9.17, 15) is 0 Å². The summed E-state index contributed by atoms with van der Waals surface area (Å²) in [5.74, 6) is 3.06. The lowest BCUT2D eigenvalue weighted by atomic mass is 9.61. The largest absolute Gasteiger partial charge is 0.314 e. The Hall–Kier alpha value is -0.120. The normalized spacial score (nSPS) is 42.6. The zero-order valence-electron chi connectivity index (χ0n) is 9.78. The first kappa shape index (κ1) is 10.1. The molecule has 4 fully saturated rings. The lowest BCUT2D eigenvalue weighted by Crippen LogP contribution is -2.58. The minimum Gasteiger partial charge on any atom is -0.314 e. The van der Waals surface area contributed by atoms with Crippen molar-refractivity contribution >= 4 is 0 Å². The van der Waals surface area contributed by atoms with Crippen molar-refractivity contribution in [3.8, 4) is 0 Å². The van der Waals surface area contributed by atoms with Crippen LogP contribution in [0, 0.1) is 17.8 Å². The highest BCUT2D eigenvalue weighted by atomic mass is 15.2. The number of piperazine rings is 1.